The van der Waals surface area contributed by atoms with Crippen LogP contribution in [-0.4, -0.2) is 6.04 Å². The molecule has 0 atom stereocenters. The number of hydrogen-bond donors (Lipinski definition) is 1. The van der Waals surface area contributed by atoms with Crippen molar-refractivity contribution < 1.29 is 22.0 Å². The van der Waals surface area contributed by atoms with Crippen molar-refractivity contribution in [2.75, 3.05) is 0 Å². The molecule has 0 bridgehead atoms. The fraction of sp³-hybridized carbons (Fsp3) is 0.455. The molecule has 102 valence electrons. The van der Waals surface area contributed by atoms with Crippen LogP contribution in [0.3, 0.4) is 0 Å². The summed E-state index contributed by atoms with van der Waals surface area (Å²) in [7, 11) is 0. The minimum Gasteiger partial charge on any atom is -0.310 e. The molecule has 1 fully saturated rings. The van der Waals surface area contributed by atoms with Gasteiger partial charge in [0.25, 0.3) is 0 Å². The summed E-state index contributed by atoms with van der Waals surface area (Å²) >= 11 is 0. The highest BCUT2D eigenvalue weighted by Crippen LogP contribution is 2.32. The zero-order chi connectivity index (χ0) is 12.6. The van der Waals surface area contributed by atoms with E-state index in [1.54, 1.807) is 0 Å². The maximum absolute atomic E-state index is 13.3. The van der Waals surface area contributed by atoms with E-state index in [0.29, 0.717) is 6.07 Å². The summed E-state index contributed by atoms with van der Waals surface area (Å²) in [4.78, 5) is 0. The largest absolute Gasteiger partial charge is 0.419 e. The Morgan fingerprint density at radius 2 is 1.72 bits per heavy atom. The molecule has 0 aliphatic heterocycles. The van der Waals surface area contributed by atoms with Gasteiger partial charge in [0.15, 0.2) is 0 Å². The van der Waals surface area contributed by atoms with Crippen molar-refractivity contribution in [3.05, 3.63) is 34.9 Å². The van der Waals surface area contributed by atoms with Gasteiger partial charge in [0.1, 0.15) is 11.6 Å². The first-order valence-electron chi connectivity index (χ1n) is 5.16. The minimum absolute atomic E-state index is 0. The minimum atomic E-state index is -4.87. The Kier molecular flexibility index (Phi) is 4.55. The molecule has 1 nitrogen and oxygen atoms in total. The van der Waals surface area contributed by atoms with Crippen molar-refractivity contribution in [2.24, 2.45) is 0 Å². The normalized spacial score (nSPS) is 15.4. The summed E-state index contributed by atoms with van der Waals surface area (Å²) in [5, 5.41) is 2.91. The molecule has 2 rings (SSSR count). The van der Waals surface area contributed by atoms with Gasteiger partial charge in [0, 0.05) is 18.2 Å². The van der Waals surface area contributed by atoms with E-state index in [-0.39, 0.29) is 36.6 Å². The van der Waals surface area contributed by atoms with Crippen LogP contribution in [-0.2, 0) is 12.7 Å². The van der Waals surface area contributed by atoms with E-state index in [0.717, 1.165) is 12.8 Å². The molecule has 0 unspecified atom stereocenters. The standard InChI is InChI=1S/C11H10F5N.ClH/c12-9-4-8(11(14,15)16)10(13)3-6(9)5-17-7-1-2-7;/h3-4,7,17H,1-2,5H2;1H. The Hall–Kier alpha value is -0.880. The summed E-state index contributed by atoms with van der Waals surface area (Å²) < 4.78 is 63.3. The predicted octanol–water partition coefficient (Wildman–Crippen LogP) is 3.66. The maximum atomic E-state index is 13.3. The summed E-state index contributed by atoms with van der Waals surface area (Å²) in [5.74, 6) is -2.47. The van der Waals surface area contributed by atoms with E-state index in [4.69, 9.17) is 0 Å². The lowest BCUT2D eigenvalue weighted by atomic mass is 10.1. The van der Waals surface area contributed by atoms with Crippen molar-refractivity contribution in [2.45, 2.75) is 31.6 Å². The fourth-order valence-electron chi connectivity index (χ4n) is 1.48. The van der Waals surface area contributed by atoms with Gasteiger partial charge in [-0.05, 0) is 25.0 Å². The van der Waals surface area contributed by atoms with Crippen molar-refractivity contribution >= 4 is 12.4 Å². The lowest BCUT2D eigenvalue weighted by molar-refractivity contribution is -0.140. The van der Waals surface area contributed by atoms with E-state index in [9.17, 15) is 22.0 Å². The lowest BCUT2D eigenvalue weighted by Gasteiger charge is -2.11. The highest BCUT2D eigenvalue weighted by molar-refractivity contribution is 5.85. The van der Waals surface area contributed by atoms with Gasteiger partial charge >= 0.3 is 6.18 Å². The number of hydrogen-bond acceptors (Lipinski definition) is 1. The average Bonchev–Trinajstić information content (AvgIpc) is 3.00. The third-order valence-electron chi connectivity index (χ3n) is 2.60. The average molecular weight is 288 g/mol. The van der Waals surface area contributed by atoms with Crippen LogP contribution in [0.5, 0.6) is 0 Å². The molecule has 7 heteroatoms. The second kappa shape index (κ2) is 5.40. The van der Waals surface area contributed by atoms with E-state index in [1.165, 1.54) is 0 Å². The zero-order valence-corrected chi connectivity index (χ0v) is 9.97. The van der Waals surface area contributed by atoms with Crippen molar-refractivity contribution in [1.29, 1.82) is 0 Å². The van der Waals surface area contributed by atoms with Crippen LogP contribution in [0.15, 0.2) is 12.1 Å². The molecule has 1 saturated carbocycles. The first-order chi connectivity index (χ1) is 7.88. The highest BCUT2D eigenvalue weighted by atomic mass is 35.5. The molecule has 1 aromatic carbocycles. The number of alkyl halides is 3. The molecule has 0 heterocycles. The van der Waals surface area contributed by atoms with Gasteiger partial charge in [-0.3, -0.25) is 0 Å². The van der Waals surface area contributed by atoms with Gasteiger partial charge in [-0.15, -0.1) is 12.4 Å². The molecule has 1 aliphatic rings. The Morgan fingerprint density at radius 3 is 2.22 bits per heavy atom. The van der Waals surface area contributed by atoms with Gasteiger partial charge < -0.3 is 5.32 Å². The second-order valence-corrected chi connectivity index (χ2v) is 4.08. The zero-order valence-electron chi connectivity index (χ0n) is 9.15. The molecule has 1 aliphatic carbocycles. The van der Waals surface area contributed by atoms with Crippen molar-refractivity contribution in [1.82, 2.24) is 5.32 Å². The van der Waals surface area contributed by atoms with Gasteiger partial charge in [-0.1, -0.05) is 0 Å². The van der Waals surface area contributed by atoms with E-state index >= 15 is 0 Å². The monoisotopic (exact) mass is 287 g/mol. The van der Waals surface area contributed by atoms with Crippen molar-refractivity contribution in [3.63, 3.8) is 0 Å². The first-order valence-corrected chi connectivity index (χ1v) is 5.16. The van der Waals surface area contributed by atoms with E-state index < -0.39 is 23.4 Å². The highest BCUT2D eigenvalue weighted by Gasteiger charge is 2.35. The van der Waals surface area contributed by atoms with Crippen LogP contribution in [0.4, 0.5) is 22.0 Å². The molecular weight excluding hydrogens is 277 g/mol. The Morgan fingerprint density at radius 1 is 1.11 bits per heavy atom. The molecule has 18 heavy (non-hydrogen) atoms. The number of benzene rings is 1. The molecular formula is C11H11ClF5N. The van der Waals surface area contributed by atoms with Crippen LogP contribution >= 0.6 is 12.4 Å². The molecule has 0 aromatic heterocycles. The Bertz CT molecular complexity index is 428. The third kappa shape index (κ3) is 3.55. The molecule has 0 saturated heterocycles. The SMILES string of the molecule is Cl.Fc1cc(C(F)(F)F)c(F)cc1CNC1CC1. The van der Waals surface area contributed by atoms with E-state index in [1.807, 2.05) is 0 Å². The lowest BCUT2D eigenvalue weighted by Crippen LogP contribution is -2.17. The summed E-state index contributed by atoms with van der Waals surface area (Å²) in [5.41, 5.74) is -1.65. The fourth-order valence-corrected chi connectivity index (χ4v) is 1.48. The molecule has 1 N–H and O–H groups in total. The van der Waals surface area contributed by atoms with Crippen LogP contribution in [0.2, 0.25) is 0 Å². The summed E-state index contributed by atoms with van der Waals surface area (Å²) in [6.07, 6.45) is -2.94. The Balaban J connectivity index is 0.00000162. The van der Waals surface area contributed by atoms with Gasteiger partial charge in [-0.25, -0.2) is 8.78 Å². The summed E-state index contributed by atoms with van der Waals surface area (Å²) in [6, 6.07) is 1.09. The number of halogens is 6. The van der Waals surface area contributed by atoms with Crippen LogP contribution in [0.1, 0.15) is 24.0 Å². The Labute approximate surface area is 107 Å². The molecule has 0 radical (unpaired) electrons. The van der Waals surface area contributed by atoms with E-state index in [2.05, 4.69) is 5.32 Å². The van der Waals surface area contributed by atoms with Gasteiger partial charge in [-0.2, -0.15) is 13.2 Å². The topological polar surface area (TPSA) is 12.0 Å². The molecule has 1 aromatic rings. The quantitative estimate of drug-likeness (QED) is 0.837. The van der Waals surface area contributed by atoms with Gasteiger partial charge in [0.05, 0.1) is 5.56 Å². The smallest absolute Gasteiger partial charge is 0.310 e. The predicted molar refractivity (Wildman–Crippen MR) is 58.5 cm³/mol. The molecule has 0 amide bonds. The van der Waals surface area contributed by atoms with Crippen molar-refractivity contribution in [3.8, 4) is 0 Å². The van der Waals surface area contributed by atoms with Crippen LogP contribution in [0, 0.1) is 11.6 Å². The van der Waals surface area contributed by atoms with Crippen LogP contribution < -0.4 is 5.32 Å². The molecule has 0 spiro atoms. The number of nitrogens with one attached hydrogen (secondary N) is 1. The van der Waals surface area contributed by atoms with Crippen LogP contribution in [0.25, 0.3) is 0 Å². The number of rotatable bonds is 3. The summed E-state index contributed by atoms with van der Waals surface area (Å²) in [6.45, 7) is 0.0472. The maximum Gasteiger partial charge on any atom is 0.419 e. The third-order valence-corrected chi connectivity index (χ3v) is 2.60. The van der Waals surface area contributed by atoms with Gasteiger partial charge in [0.2, 0.25) is 0 Å². The second-order valence-electron chi connectivity index (χ2n) is 4.08. The first kappa shape index (κ1) is 15.2.